The maximum absolute atomic E-state index is 11.4. The first kappa shape index (κ1) is 18.9. The van der Waals surface area contributed by atoms with Crippen molar-refractivity contribution in [3.05, 3.63) is 76.9 Å². The number of carbonyl (C=O) groups is 1. The molecule has 0 radical (unpaired) electrons. The molecule has 27 heavy (non-hydrogen) atoms. The van der Waals surface area contributed by atoms with Crippen LogP contribution in [0.2, 0.25) is 0 Å². The lowest BCUT2D eigenvalue weighted by Gasteiger charge is -2.26. The van der Waals surface area contributed by atoms with Gasteiger partial charge in [-0.2, -0.15) is 0 Å². The molecule has 0 bridgehead atoms. The molecule has 1 aliphatic heterocycles. The molecule has 0 spiro atoms. The van der Waals surface area contributed by atoms with Crippen LogP contribution in [-0.2, 0) is 16.0 Å². The second kappa shape index (κ2) is 9.72. The Balaban J connectivity index is 1.54. The smallest absolute Gasteiger partial charge is 0.337 e. The second-order valence-electron chi connectivity index (χ2n) is 6.30. The van der Waals surface area contributed by atoms with Gasteiger partial charge in [-0.3, -0.25) is 4.90 Å². The van der Waals surface area contributed by atoms with Crippen molar-refractivity contribution in [2.45, 2.75) is 6.54 Å². The van der Waals surface area contributed by atoms with E-state index in [-0.39, 0.29) is 5.97 Å². The molecule has 2 aromatic rings. The lowest BCUT2D eigenvalue weighted by atomic mass is 10.1. The van der Waals surface area contributed by atoms with Crippen LogP contribution in [0.15, 0.2) is 54.6 Å². The first-order valence-electron chi connectivity index (χ1n) is 9.00. The van der Waals surface area contributed by atoms with Gasteiger partial charge < -0.3 is 9.47 Å². The van der Waals surface area contributed by atoms with Crippen molar-refractivity contribution in [2.24, 2.45) is 0 Å². The first-order chi connectivity index (χ1) is 13.2. The fourth-order valence-electron chi connectivity index (χ4n) is 2.82. The van der Waals surface area contributed by atoms with Gasteiger partial charge in [-0.15, -0.1) is 0 Å². The molecule has 1 heterocycles. The van der Waals surface area contributed by atoms with Gasteiger partial charge in [0.2, 0.25) is 0 Å². The highest BCUT2D eigenvalue weighted by molar-refractivity contribution is 5.89. The summed E-state index contributed by atoms with van der Waals surface area (Å²) in [7, 11) is 1.38. The summed E-state index contributed by atoms with van der Waals surface area (Å²) in [5.41, 5.74) is 3.81. The molecule has 0 saturated carbocycles. The van der Waals surface area contributed by atoms with Crippen LogP contribution in [0.5, 0.6) is 0 Å². The van der Waals surface area contributed by atoms with Gasteiger partial charge >= 0.3 is 5.97 Å². The number of rotatable bonds is 4. The fourth-order valence-corrected chi connectivity index (χ4v) is 2.82. The molecule has 3 rings (SSSR count). The highest BCUT2D eigenvalue weighted by Crippen LogP contribution is 2.09. The number of nitrogens with zero attached hydrogens (tertiary/aromatic N) is 1. The molecule has 0 amide bonds. The number of hydrogen-bond acceptors (Lipinski definition) is 4. The predicted molar refractivity (Wildman–Crippen MR) is 106 cm³/mol. The largest absolute Gasteiger partial charge is 0.465 e. The van der Waals surface area contributed by atoms with Crippen LogP contribution in [0, 0.1) is 11.8 Å². The summed E-state index contributed by atoms with van der Waals surface area (Å²) in [6, 6.07) is 15.6. The molecular weight excluding hydrogens is 338 g/mol. The maximum atomic E-state index is 11.4. The molecule has 1 saturated heterocycles. The topological polar surface area (TPSA) is 38.8 Å². The predicted octanol–water partition coefficient (Wildman–Crippen LogP) is 3.37. The number of morpholine rings is 1. The van der Waals surface area contributed by atoms with E-state index in [0.29, 0.717) is 5.56 Å². The van der Waals surface area contributed by atoms with Crippen LogP contribution >= 0.6 is 0 Å². The number of benzene rings is 2. The molecule has 4 nitrogen and oxygen atoms in total. The van der Waals surface area contributed by atoms with Gasteiger partial charge in [0.25, 0.3) is 0 Å². The third kappa shape index (κ3) is 5.82. The average Bonchev–Trinajstić information content (AvgIpc) is 2.73. The summed E-state index contributed by atoms with van der Waals surface area (Å²) in [5.74, 6) is 5.86. The van der Waals surface area contributed by atoms with Crippen LogP contribution in [-0.4, -0.2) is 44.3 Å². The van der Waals surface area contributed by atoms with Gasteiger partial charge in [-0.1, -0.05) is 36.1 Å². The Morgan fingerprint density at radius 2 is 1.81 bits per heavy atom. The molecule has 0 unspecified atom stereocenters. The van der Waals surface area contributed by atoms with Crippen molar-refractivity contribution < 1.29 is 14.3 Å². The third-order valence-corrected chi connectivity index (χ3v) is 4.37. The van der Waals surface area contributed by atoms with Crippen molar-refractivity contribution >= 4 is 12.0 Å². The van der Waals surface area contributed by atoms with Gasteiger partial charge in [0.05, 0.1) is 25.9 Å². The van der Waals surface area contributed by atoms with Crippen molar-refractivity contribution in [2.75, 3.05) is 33.4 Å². The molecule has 1 fully saturated rings. The number of hydrogen-bond donors (Lipinski definition) is 0. The fraction of sp³-hybridized carbons (Fsp3) is 0.261. The minimum atomic E-state index is -0.331. The molecule has 0 atom stereocenters. The number of esters is 1. The minimum absolute atomic E-state index is 0.331. The lowest BCUT2D eigenvalue weighted by molar-refractivity contribution is 0.0342. The van der Waals surface area contributed by atoms with E-state index < -0.39 is 0 Å². The quantitative estimate of drug-likeness (QED) is 0.618. The number of allylic oxidation sites excluding steroid dienone is 1. The summed E-state index contributed by atoms with van der Waals surface area (Å²) in [4.78, 5) is 13.8. The number of methoxy groups -OCH3 is 1. The van der Waals surface area contributed by atoms with Gasteiger partial charge in [0.1, 0.15) is 0 Å². The van der Waals surface area contributed by atoms with Crippen LogP contribution in [0.1, 0.15) is 27.0 Å². The van der Waals surface area contributed by atoms with E-state index in [4.69, 9.17) is 4.74 Å². The Bertz CT molecular complexity index is 836. The van der Waals surface area contributed by atoms with Gasteiger partial charge in [0, 0.05) is 25.2 Å². The van der Waals surface area contributed by atoms with Crippen LogP contribution in [0.25, 0.3) is 6.08 Å². The van der Waals surface area contributed by atoms with E-state index in [1.165, 1.54) is 12.7 Å². The van der Waals surface area contributed by atoms with E-state index in [0.717, 1.165) is 44.0 Å². The Hall–Kier alpha value is -2.87. The SMILES string of the molecule is COC(=O)c1ccc(C=CC#Cc2ccc(CN3CCOCC3)cc2)cc1. The Kier molecular flexibility index (Phi) is 6.81. The Morgan fingerprint density at radius 3 is 2.48 bits per heavy atom. The lowest BCUT2D eigenvalue weighted by Crippen LogP contribution is -2.35. The molecule has 0 N–H and O–H groups in total. The van der Waals surface area contributed by atoms with E-state index >= 15 is 0 Å². The Morgan fingerprint density at radius 1 is 1.11 bits per heavy atom. The molecule has 4 heteroatoms. The highest BCUT2D eigenvalue weighted by Gasteiger charge is 2.10. The monoisotopic (exact) mass is 361 g/mol. The van der Waals surface area contributed by atoms with Crippen molar-refractivity contribution in [3.8, 4) is 11.8 Å². The van der Waals surface area contributed by atoms with Gasteiger partial charge in [-0.05, 0) is 47.5 Å². The van der Waals surface area contributed by atoms with E-state index in [9.17, 15) is 4.79 Å². The van der Waals surface area contributed by atoms with Crippen molar-refractivity contribution in [1.82, 2.24) is 4.90 Å². The molecule has 0 aliphatic carbocycles. The molecule has 1 aliphatic rings. The summed E-state index contributed by atoms with van der Waals surface area (Å²) < 4.78 is 10.1. The van der Waals surface area contributed by atoms with Crippen LogP contribution in [0.4, 0.5) is 0 Å². The second-order valence-corrected chi connectivity index (χ2v) is 6.30. The summed E-state index contributed by atoms with van der Waals surface area (Å²) in [5, 5.41) is 0. The maximum Gasteiger partial charge on any atom is 0.337 e. The summed E-state index contributed by atoms with van der Waals surface area (Å²) in [6.07, 6.45) is 3.73. The normalized spacial score (nSPS) is 14.6. The zero-order valence-corrected chi connectivity index (χ0v) is 15.5. The molecule has 0 aromatic heterocycles. The Labute approximate surface area is 160 Å². The van der Waals surface area contributed by atoms with Gasteiger partial charge in [-0.25, -0.2) is 4.79 Å². The van der Waals surface area contributed by atoms with Crippen molar-refractivity contribution in [1.29, 1.82) is 0 Å². The van der Waals surface area contributed by atoms with Crippen LogP contribution < -0.4 is 0 Å². The van der Waals surface area contributed by atoms with Crippen molar-refractivity contribution in [3.63, 3.8) is 0 Å². The highest BCUT2D eigenvalue weighted by atomic mass is 16.5. The molecular formula is C23H23NO3. The molecule has 2 aromatic carbocycles. The number of carbonyl (C=O) groups excluding carboxylic acids is 1. The van der Waals surface area contributed by atoms with Crippen LogP contribution in [0.3, 0.4) is 0 Å². The van der Waals surface area contributed by atoms with E-state index in [1.54, 1.807) is 12.1 Å². The standard InChI is InChI=1S/C23H23NO3/c1-26-23(25)22-12-10-20(11-13-22)5-3-2-4-19-6-8-21(9-7-19)18-24-14-16-27-17-15-24/h3,5-13H,14-18H2,1H3. The van der Waals surface area contributed by atoms with Gasteiger partial charge in [0.15, 0.2) is 0 Å². The minimum Gasteiger partial charge on any atom is -0.465 e. The zero-order valence-electron chi connectivity index (χ0n) is 15.5. The number of ether oxygens (including phenoxy) is 2. The molecule has 138 valence electrons. The first-order valence-corrected chi connectivity index (χ1v) is 9.00. The summed E-state index contributed by atoms with van der Waals surface area (Å²) >= 11 is 0. The third-order valence-electron chi connectivity index (χ3n) is 4.37. The van der Waals surface area contributed by atoms with E-state index in [2.05, 4.69) is 45.7 Å². The average molecular weight is 361 g/mol. The van der Waals surface area contributed by atoms with E-state index in [1.807, 2.05) is 24.3 Å². The summed E-state index contributed by atoms with van der Waals surface area (Å²) in [6.45, 7) is 4.58. The zero-order chi connectivity index (χ0) is 18.9.